The van der Waals surface area contributed by atoms with Gasteiger partial charge in [0.2, 0.25) is 5.91 Å². The molecule has 146 valence electrons. The van der Waals surface area contributed by atoms with E-state index in [4.69, 9.17) is 4.74 Å². The number of thiazole rings is 1. The summed E-state index contributed by atoms with van der Waals surface area (Å²) >= 11 is 1.41. The second-order valence-corrected chi connectivity index (χ2v) is 7.63. The second kappa shape index (κ2) is 7.84. The molecule has 4 aromatic rings. The van der Waals surface area contributed by atoms with Crippen molar-refractivity contribution in [1.29, 1.82) is 0 Å². The fourth-order valence-corrected chi connectivity index (χ4v) is 3.94. The van der Waals surface area contributed by atoms with Crippen LogP contribution in [-0.2, 0) is 11.2 Å². The Balaban J connectivity index is 1.54. The van der Waals surface area contributed by atoms with E-state index >= 15 is 0 Å². The number of methoxy groups -OCH3 is 1. The predicted molar refractivity (Wildman–Crippen MR) is 114 cm³/mol. The second-order valence-electron chi connectivity index (χ2n) is 6.42. The maximum atomic E-state index is 12.6. The van der Waals surface area contributed by atoms with Crippen LogP contribution in [0.2, 0.25) is 0 Å². The van der Waals surface area contributed by atoms with Crippen molar-refractivity contribution in [3.05, 3.63) is 69.5 Å². The van der Waals surface area contributed by atoms with Crippen LogP contribution in [0.15, 0.2) is 53.3 Å². The third kappa shape index (κ3) is 3.88. The molecule has 2 aromatic carbocycles. The van der Waals surface area contributed by atoms with Crippen LogP contribution in [0.4, 0.5) is 5.13 Å². The normalized spacial score (nSPS) is 10.8. The van der Waals surface area contributed by atoms with Crippen molar-refractivity contribution in [2.45, 2.75) is 13.3 Å². The molecule has 0 atom stereocenters. The first-order chi connectivity index (χ1) is 14.0. The molecule has 1 amide bonds. The molecule has 0 radical (unpaired) electrons. The number of aryl methyl sites for hydroxylation is 1. The zero-order valence-corrected chi connectivity index (χ0v) is 16.7. The summed E-state index contributed by atoms with van der Waals surface area (Å²) in [6.07, 6.45) is 0.0355. The van der Waals surface area contributed by atoms with Gasteiger partial charge in [0.05, 0.1) is 30.3 Å². The van der Waals surface area contributed by atoms with Crippen LogP contribution in [-0.4, -0.2) is 28.2 Å². The van der Waals surface area contributed by atoms with Gasteiger partial charge in [-0.2, -0.15) is 5.10 Å². The van der Waals surface area contributed by atoms with E-state index in [9.17, 15) is 9.59 Å². The van der Waals surface area contributed by atoms with E-state index in [1.54, 1.807) is 25.3 Å². The number of nitrogens with one attached hydrogen (secondary N) is 2. The van der Waals surface area contributed by atoms with Gasteiger partial charge in [0.25, 0.3) is 5.56 Å². The standard InChI is InChI=1S/C21H18N4O3S/c1-12-19(13-7-9-14(28-2)10-8-13)23-21(29-12)22-18(26)11-17-15-5-3-4-6-16(15)20(27)25-24-17/h3-10H,11H2,1-2H3,(H,25,27)(H,22,23,26). The van der Waals surface area contributed by atoms with Crippen molar-refractivity contribution in [2.24, 2.45) is 0 Å². The Bertz CT molecular complexity index is 1250. The van der Waals surface area contributed by atoms with Crippen LogP contribution in [0.5, 0.6) is 5.75 Å². The van der Waals surface area contributed by atoms with Crippen molar-refractivity contribution in [2.75, 3.05) is 12.4 Å². The molecular formula is C21H18N4O3S. The van der Waals surface area contributed by atoms with Crippen LogP contribution in [0.1, 0.15) is 10.6 Å². The number of aromatic amines is 1. The van der Waals surface area contributed by atoms with E-state index in [1.165, 1.54) is 11.3 Å². The largest absolute Gasteiger partial charge is 0.497 e. The summed E-state index contributed by atoms with van der Waals surface area (Å²) in [4.78, 5) is 30.0. The number of aromatic nitrogens is 3. The van der Waals surface area contributed by atoms with Crippen molar-refractivity contribution < 1.29 is 9.53 Å². The number of amides is 1. The number of benzene rings is 2. The Morgan fingerprint density at radius 2 is 1.86 bits per heavy atom. The average Bonchev–Trinajstić information content (AvgIpc) is 3.10. The lowest BCUT2D eigenvalue weighted by atomic mass is 10.1. The summed E-state index contributed by atoms with van der Waals surface area (Å²) in [5.41, 5.74) is 2.01. The molecule has 0 aliphatic rings. The number of H-pyrrole nitrogens is 1. The van der Waals surface area contributed by atoms with Gasteiger partial charge in [-0.05, 0) is 37.3 Å². The number of ether oxygens (including phenoxy) is 1. The minimum absolute atomic E-state index is 0.0355. The lowest BCUT2D eigenvalue weighted by Gasteiger charge is -2.05. The quantitative estimate of drug-likeness (QED) is 0.528. The molecule has 0 saturated heterocycles. The summed E-state index contributed by atoms with van der Waals surface area (Å²) in [7, 11) is 1.62. The van der Waals surface area contributed by atoms with Gasteiger partial charge in [-0.15, -0.1) is 11.3 Å². The van der Waals surface area contributed by atoms with Gasteiger partial charge < -0.3 is 10.1 Å². The summed E-state index contributed by atoms with van der Waals surface area (Å²) < 4.78 is 5.18. The Morgan fingerprint density at radius 3 is 2.59 bits per heavy atom. The van der Waals surface area contributed by atoms with Crippen LogP contribution in [0.25, 0.3) is 22.0 Å². The highest BCUT2D eigenvalue weighted by molar-refractivity contribution is 7.16. The molecule has 0 spiro atoms. The zero-order chi connectivity index (χ0) is 20.4. The molecule has 0 fully saturated rings. The number of nitrogens with zero attached hydrogens (tertiary/aromatic N) is 2. The molecule has 4 rings (SSSR count). The minimum Gasteiger partial charge on any atom is -0.497 e. The Labute approximate surface area is 170 Å². The Morgan fingerprint density at radius 1 is 1.14 bits per heavy atom. The van der Waals surface area contributed by atoms with Gasteiger partial charge in [-0.3, -0.25) is 9.59 Å². The monoisotopic (exact) mass is 406 g/mol. The molecule has 0 aliphatic heterocycles. The van der Waals surface area contributed by atoms with E-state index in [1.807, 2.05) is 37.3 Å². The minimum atomic E-state index is -0.274. The SMILES string of the molecule is COc1ccc(-c2nc(NC(=O)Cc3n[nH]c(=O)c4ccccc34)sc2C)cc1. The number of fused-ring (bicyclic) bond motifs is 1. The summed E-state index contributed by atoms with van der Waals surface area (Å²) in [5, 5.41) is 11.0. The lowest BCUT2D eigenvalue weighted by molar-refractivity contribution is -0.115. The molecule has 0 unspecified atom stereocenters. The Hall–Kier alpha value is -3.52. The van der Waals surface area contributed by atoms with Crippen molar-refractivity contribution in [1.82, 2.24) is 15.2 Å². The molecular weight excluding hydrogens is 388 g/mol. The molecule has 7 nitrogen and oxygen atoms in total. The summed E-state index contributed by atoms with van der Waals surface area (Å²) in [6, 6.07) is 14.7. The van der Waals surface area contributed by atoms with Gasteiger partial charge in [0.1, 0.15) is 5.75 Å². The maximum Gasteiger partial charge on any atom is 0.272 e. The molecule has 0 saturated carbocycles. The maximum absolute atomic E-state index is 12.6. The molecule has 2 N–H and O–H groups in total. The van der Waals surface area contributed by atoms with Gasteiger partial charge in [0, 0.05) is 15.8 Å². The zero-order valence-electron chi connectivity index (χ0n) is 15.9. The third-order valence-electron chi connectivity index (χ3n) is 4.51. The highest BCUT2D eigenvalue weighted by Crippen LogP contribution is 2.31. The number of carbonyl (C=O) groups excluding carboxylic acids is 1. The van der Waals surface area contributed by atoms with Crippen LogP contribution < -0.4 is 15.6 Å². The predicted octanol–water partition coefficient (Wildman–Crippen LogP) is 3.54. The first-order valence-electron chi connectivity index (χ1n) is 8.93. The first kappa shape index (κ1) is 18.8. The van der Waals surface area contributed by atoms with E-state index in [0.717, 1.165) is 21.9 Å². The average molecular weight is 406 g/mol. The summed E-state index contributed by atoms with van der Waals surface area (Å²) in [5.74, 6) is 0.528. The molecule has 2 aromatic heterocycles. The fourth-order valence-electron chi connectivity index (χ4n) is 3.09. The van der Waals surface area contributed by atoms with Gasteiger partial charge in [-0.1, -0.05) is 18.2 Å². The van der Waals surface area contributed by atoms with E-state index in [2.05, 4.69) is 20.5 Å². The van der Waals surface area contributed by atoms with Gasteiger partial charge in [0.15, 0.2) is 5.13 Å². The van der Waals surface area contributed by atoms with E-state index in [0.29, 0.717) is 21.6 Å². The highest BCUT2D eigenvalue weighted by Gasteiger charge is 2.15. The lowest BCUT2D eigenvalue weighted by Crippen LogP contribution is -2.18. The fraction of sp³-hybridized carbons (Fsp3) is 0.143. The van der Waals surface area contributed by atoms with Crippen molar-refractivity contribution in [3.63, 3.8) is 0 Å². The number of carbonyl (C=O) groups is 1. The highest BCUT2D eigenvalue weighted by atomic mass is 32.1. The number of hydrogen-bond donors (Lipinski definition) is 2. The molecule has 0 aliphatic carbocycles. The molecule has 8 heteroatoms. The summed E-state index contributed by atoms with van der Waals surface area (Å²) in [6.45, 7) is 1.96. The topological polar surface area (TPSA) is 97.0 Å². The smallest absolute Gasteiger partial charge is 0.272 e. The third-order valence-corrected chi connectivity index (χ3v) is 5.40. The van der Waals surface area contributed by atoms with Gasteiger partial charge in [-0.25, -0.2) is 10.1 Å². The molecule has 0 bridgehead atoms. The van der Waals surface area contributed by atoms with Gasteiger partial charge >= 0.3 is 0 Å². The first-order valence-corrected chi connectivity index (χ1v) is 9.75. The molecule has 29 heavy (non-hydrogen) atoms. The van der Waals surface area contributed by atoms with Crippen molar-refractivity contribution >= 4 is 33.1 Å². The van der Waals surface area contributed by atoms with Crippen molar-refractivity contribution in [3.8, 4) is 17.0 Å². The van der Waals surface area contributed by atoms with E-state index in [-0.39, 0.29) is 17.9 Å². The number of rotatable bonds is 5. The van der Waals surface area contributed by atoms with Crippen LogP contribution >= 0.6 is 11.3 Å². The van der Waals surface area contributed by atoms with E-state index < -0.39 is 0 Å². The van der Waals surface area contributed by atoms with Crippen LogP contribution in [0, 0.1) is 6.92 Å². The van der Waals surface area contributed by atoms with Crippen LogP contribution in [0.3, 0.4) is 0 Å². The number of hydrogen-bond acceptors (Lipinski definition) is 6. The molecule has 2 heterocycles. The number of anilines is 1. The Kier molecular flexibility index (Phi) is 5.09.